The van der Waals surface area contributed by atoms with Crippen molar-refractivity contribution in [2.24, 2.45) is 0 Å². The number of allylic oxidation sites excluding steroid dienone is 2. The van der Waals surface area contributed by atoms with Crippen molar-refractivity contribution in [3.05, 3.63) is 53.1 Å². The van der Waals surface area contributed by atoms with Crippen LogP contribution in [0.15, 0.2) is 36.4 Å². The Bertz CT molecular complexity index is 718. The van der Waals surface area contributed by atoms with E-state index >= 15 is 0 Å². The van der Waals surface area contributed by atoms with E-state index in [9.17, 15) is 0 Å². The first-order chi connectivity index (χ1) is 9.04. The van der Waals surface area contributed by atoms with E-state index in [-0.39, 0.29) is 5.41 Å². The Kier molecular flexibility index (Phi) is 2.67. The van der Waals surface area contributed by atoms with Crippen molar-refractivity contribution >= 4 is 36.2 Å². The molecule has 0 atom stereocenters. The first-order valence-electron chi connectivity index (χ1n) is 6.93. The van der Waals surface area contributed by atoms with Crippen LogP contribution < -0.4 is 5.46 Å². The minimum Gasteiger partial charge on any atom is -0.0871 e. The summed E-state index contributed by atoms with van der Waals surface area (Å²) in [5.74, 6) is 0. The molecule has 0 saturated carbocycles. The van der Waals surface area contributed by atoms with Gasteiger partial charge in [0.25, 0.3) is 0 Å². The zero-order valence-electron chi connectivity index (χ0n) is 12.1. The normalized spacial score (nSPS) is 16.4. The van der Waals surface area contributed by atoms with Crippen LogP contribution in [-0.2, 0) is 5.41 Å². The lowest BCUT2D eigenvalue weighted by Gasteiger charge is -2.30. The molecule has 3 rings (SSSR count). The highest BCUT2D eigenvalue weighted by molar-refractivity contribution is 6.39. The summed E-state index contributed by atoms with van der Waals surface area (Å²) in [7, 11) is 2.20. The maximum absolute atomic E-state index is 2.33. The van der Waals surface area contributed by atoms with Gasteiger partial charge in [0.2, 0.25) is 0 Å². The van der Waals surface area contributed by atoms with Gasteiger partial charge in [0.15, 0.2) is 0 Å². The second-order valence-electron chi connectivity index (χ2n) is 5.98. The molecule has 0 fully saturated rings. The number of benzene rings is 2. The Hall–Kier alpha value is -1.76. The molecule has 1 heteroatoms. The fourth-order valence-electron chi connectivity index (χ4n) is 3.17. The van der Waals surface area contributed by atoms with Gasteiger partial charge in [0, 0.05) is 5.41 Å². The van der Waals surface area contributed by atoms with Gasteiger partial charge in [0.05, 0.1) is 0 Å². The molecule has 0 N–H and O–H groups in total. The molecule has 1 aliphatic carbocycles. The number of hydrogen-bond acceptors (Lipinski definition) is 0. The predicted molar refractivity (Wildman–Crippen MR) is 88.9 cm³/mol. The van der Waals surface area contributed by atoms with Crippen LogP contribution in [0.2, 0.25) is 0 Å². The molecule has 0 nitrogen and oxygen atoms in total. The molecule has 0 radical (unpaired) electrons. The maximum atomic E-state index is 2.33. The minimum atomic E-state index is 0.0924. The molecule has 0 amide bonds. The van der Waals surface area contributed by atoms with E-state index in [1.165, 1.54) is 32.9 Å². The number of hydrogen-bond donors (Lipinski definition) is 0. The highest BCUT2D eigenvalue weighted by Crippen LogP contribution is 2.40. The van der Waals surface area contributed by atoms with Gasteiger partial charge in [-0.2, -0.15) is 0 Å². The molecule has 2 aromatic rings. The van der Waals surface area contributed by atoms with Gasteiger partial charge in [-0.25, -0.2) is 0 Å². The second-order valence-corrected chi connectivity index (χ2v) is 5.98. The van der Waals surface area contributed by atoms with E-state index in [1.54, 1.807) is 0 Å². The van der Waals surface area contributed by atoms with Crippen molar-refractivity contribution in [2.45, 2.75) is 26.2 Å². The third-order valence-corrected chi connectivity index (χ3v) is 4.13. The van der Waals surface area contributed by atoms with Crippen molar-refractivity contribution < 1.29 is 0 Å². The monoisotopic (exact) mass is 246 g/mol. The van der Waals surface area contributed by atoms with E-state index in [1.807, 2.05) is 0 Å². The molecule has 0 unspecified atom stereocenters. The molecule has 94 valence electrons. The van der Waals surface area contributed by atoms with Crippen LogP contribution in [0.4, 0.5) is 0 Å². The van der Waals surface area contributed by atoms with E-state index in [0.717, 1.165) is 0 Å². The first-order valence-corrected chi connectivity index (χ1v) is 6.93. The standard InChI is InChI=1S/C18H19B/c1-4-5-13-6-8-14-15(19)9-7-12-10-11-18(2,3)17(13)16(12)14/h4-11H,19H2,1-3H3/b5-4-. The lowest BCUT2D eigenvalue weighted by Crippen LogP contribution is -2.20. The van der Waals surface area contributed by atoms with Gasteiger partial charge in [-0.15, -0.1) is 0 Å². The zero-order chi connectivity index (χ0) is 13.6. The highest BCUT2D eigenvalue weighted by atomic mass is 14.3. The molecule has 0 aliphatic heterocycles. The van der Waals surface area contributed by atoms with E-state index in [2.05, 4.69) is 77.2 Å². The first kappa shape index (κ1) is 12.3. The minimum absolute atomic E-state index is 0.0924. The molecule has 2 aromatic carbocycles. The molecule has 0 aromatic heterocycles. The van der Waals surface area contributed by atoms with Crippen molar-refractivity contribution in [1.82, 2.24) is 0 Å². The molecule has 0 bridgehead atoms. The molecule has 0 saturated heterocycles. The van der Waals surface area contributed by atoms with Gasteiger partial charge < -0.3 is 0 Å². The second kappa shape index (κ2) is 4.13. The summed E-state index contributed by atoms with van der Waals surface area (Å²) in [6.07, 6.45) is 8.95. The Morgan fingerprint density at radius 1 is 1.11 bits per heavy atom. The van der Waals surface area contributed by atoms with Crippen LogP contribution >= 0.6 is 0 Å². The molecular formula is C18H19B. The Morgan fingerprint density at radius 3 is 2.63 bits per heavy atom. The average molecular weight is 246 g/mol. The number of rotatable bonds is 1. The van der Waals surface area contributed by atoms with Crippen LogP contribution in [0.1, 0.15) is 37.5 Å². The van der Waals surface area contributed by atoms with Crippen LogP contribution in [0.25, 0.3) is 22.9 Å². The topological polar surface area (TPSA) is 0 Å². The molecule has 19 heavy (non-hydrogen) atoms. The third kappa shape index (κ3) is 1.76. The summed E-state index contributed by atoms with van der Waals surface area (Å²) >= 11 is 0. The van der Waals surface area contributed by atoms with Crippen LogP contribution in [0.3, 0.4) is 0 Å². The largest absolute Gasteiger partial charge is 0.140 e. The molecule has 1 aliphatic rings. The summed E-state index contributed by atoms with van der Waals surface area (Å²) in [5.41, 5.74) is 5.61. The SMILES string of the molecule is Bc1ccc2c3c(c(/C=C\C)ccc13)C(C)(C)C=C2. The van der Waals surface area contributed by atoms with Gasteiger partial charge in [-0.05, 0) is 34.4 Å². The molecular weight excluding hydrogens is 227 g/mol. The fourth-order valence-corrected chi connectivity index (χ4v) is 3.17. The van der Waals surface area contributed by atoms with Crippen LogP contribution in [0.5, 0.6) is 0 Å². The molecule has 0 heterocycles. The van der Waals surface area contributed by atoms with Crippen LogP contribution in [-0.4, -0.2) is 7.85 Å². The lowest BCUT2D eigenvalue weighted by molar-refractivity contribution is 0.675. The van der Waals surface area contributed by atoms with Gasteiger partial charge in [-0.3, -0.25) is 0 Å². The van der Waals surface area contributed by atoms with Crippen molar-refractivity contribution in [2.75, 3.05) is 0 Å². The predicted octanol–water partition coefficient (Wildman–Crippen LogP) is 3.44. The summed E-state index contributed by atoms with van der Waals surface area (Å²) < 4.78 is 0. The van der Waals surface area contributed by atoms with E-state index in [0.29, 0.717) is 0 Å². The van der Waals surface area contributed by atoms with Crippen molar-refractivity contribution in [3.63, 3.8) is 0 Å². The molecule has 0 spiro atoms. The highest BCUT2D eigenvalue weighted by Gasteiger charge is 2.26. The Morgan fingerprint density at radius 2 is 1.89 bits per heavy atom. The van der Waals surface area contributed by atoms with E-state index in [4.69, 9.17) is 0 Å². The lowest BCUT2D eigenvalue weighted by atomic mass is 9.72. The van der Waals surface area contributed by atoms with Gasteiger partial charge in [-0.1, -0.05) is 67.9 Å². The quantitative estimate of drug-likeness (QED) is 0.676. The smallest absolute Gasteiger partial charge is 0.0871 e. The zero-order valence-corrected chi connectivity index (χ0v) is 12.1. The Labute approximate surface area is 116 Å². The van der Waals surface area contributed by atoms with Crippen molar-refractivity contribution in [3.8, 4) is 0 Å². The van der Waals surface area contributed by atoms with Gasteiger partial charge in [0.1, 0.15) is 7.85 Å². The third-order valence-electron chi connectivity index (χ3n) is 4.13. The Balaban J connectivity index is 2.52. The summed E-state index contributed by atoms with van der Waals surface area (Å²) in [5, 5.41) is 2.82. The maximum Gasteiger partial charge on any atom is 0.140 e. The van der Waals surface area contributed by atoms with E-state index < -0.39 is 0 Å². The average Bonchev–Trinajstić information content (AvgIpc) is 2.37. The fraction of sp³-hybridized carbons (Fsp3) is 0.222. The summed E-state index contributed by atoms with van der Waals surface area (Å²) in [6, 6.07) is 8.99. The summed E-state index contributed by atoms with van der Waals surface area (Å²) in [6.45, 7) is 6.69. The van der Waals surface area contributed by atoms with Crippen LogP contribution in [0, 0.1) is 0 Å². The van der Waals surface area contributed by atoms with Crippen molar-refractivity contribution in [1.29, 1.82) is 0 Å². The van der Waals surface area contributed by atoms with Gasteiger partial charge >= 0.3 is 0 Å². The summed E-state index contributed by atoms with van der Waals surface area (Å²) in [4.78, 5) is 0.